The predicted octanol–water partition coefficient (Wildman–Crippen LogP) is 3.96. The number of allylic oxidation sites excluding steroid dienone is 1. The number of aromatic hydroxyl groups is 1. The van der Waals surface area contributed by atoms with Gasteiger partial charge in [-0.25, -0.2) is 4.68 Å². The van der Waals surface area contributed by atoms with Gasteiger partial charge in [0.15, 0.2) is 0 Å². The maximum absolute atomic E-state index is 13.3. The standard InChI is InChI=1S/C20H14F3N5O2/c1-30-14-4-2-3-12(9-14)16-15(10-24)17(11-5-7-13(29)8-6-11)28-19(25-16)26-18(27-28)20(21,22)23/h2-9,17,29H,1H3,(H,25,26,27). The van der Waals surface area contributed by atoms with Crippen LogP contribution in [0.4, 0.5) is 19.1 Å². The van der Waals surface area contributed by atoms with E-state index in [2.05, 4.69) is 21.5 Å². The molecular formula is C20H14F3N5O2. The Kier molecular flexibility index (Phi) is 4.58. The monoisotopic (exact) mass is 413 g/mol. The number of fused-ring (bicyclic) bond motifs is 1. The zero-order valence-corrected chi connectivity index (χ0v) is 15.5. The van der Waals surface area contributed by atoms with Gasteiger partial charge >= 0.3 is 6.18 Å². The van der Waals surface area contributed by atoms with Crippen molar-refractivity contribution in [3.05, 3.63) is 71.1 Å². The number of halogens is 3. The van der Waals surface area contributed by atoms with Gasteiger partial charge in [-0.15, -0.1) is 5.10 Å². The van der Waals surface area contributed by atoms with Gasteiger partial charge in [0, 0.05) is 5.56 Å². The first-order chi connectivity index (χ1) is 14.3. The van der Waals surface area contributed by atoms with E-state index in [9.17, 15) is 23.5 Å². The van der Waals surface area contributed by atoms with Crippen LogP contribution in [-0.2, 0) is 6.18 Å². The molecule has 0 aliphatic carbocycles. The van der Waals surface area contributed by atoms with Crippen molar-refractivity contribution in [2.45, 2.75) is 12.2 Å². The van der Waals surface area contributed by atoms with Crippen molar-refractivity contribution in [2.24, 2.45) is 0 Å². The van der Waals surface area contributed by atoms with Crippen molar-refractivity contribution in [1.29, 1.82) is 5.26 Å². The number of nitrogens with one attached hydrogen (secondary N) is 1. The summed E-state index contributed by atoms with van der Waals surface area (Å²) >= 11 is 0. The molecule has 10 heteroatoms. The Bertz CT molecular complexity index is 1180. The van der Waals surface area contributed by atoms with E-state index in [0.29, 0.717) is 22.6 Å². The molecule has 1 aliphatic rings. The Balaban J connectivity index is 1.95. The molecule has 30 heavy (non-hydrogen) atoms. The third kappa shape index (κ3) is 3.30. The largest absolute Gasteiger partial charge is 0.508 e. The van der Waals surface area contributed by atoms with Crippen LogP contribution in [0, 0.1) is 11.3 Å². The summed E-state index contributed by atoms with van der Waals surface area (Å²) in [6, 6.07) is 13.7. The first-order valence-electron chi connectivity index (χ1n) is 8.70. The van der Waals surface area contributed by atoms with Gasteiger partial charge in [-0.3, -0.25) is 0 Å². The summed E-state index contributed by atoms with van der Waals surface area (Å²) < 4.78 is 46.0. The maximum atomic E-state index is 13.3. The summed E-state index contributed by atoms with van der Waals surface area (Å²) in [6.45, 7) is 0. The number of aromatic nitrogens is 3. The number of benzene rings is 2. The second kappa shape index (κ2) is 7.11. The second-order valence-corrected chi connectivity index (χ2v) is 6.45. The quantitative estimate of drug-likeness (QED) is 0.675. The number of rotatable bonds is 3. The van der Waals surface area contributed by atoms with E-state index in [4.69, 9.17) is 4.74 Å². The molecular weight excluding hydrogens is 399 g/mol. The van der Waals surface area contributed by atoms with Crippen molar-refractivity contribution in [3.8, 4) is 17.6 Å². The number of nitriles is 1. The van der Waals surface area contributed by atoms with Crippen molar-refractivity contribution in [3.63, 3.8) is 0 Å². The van der Waals surface area contributed by atoms with Crippen LogP contribution in [0.5, 0.6) is 11.5 Å². The minimum Gasteiger partial charge on any atom is -0.508 e. The topological polar surface area (TPSA) is 96.0 Å². The van der Waals surface area contributed by atoms with Gasteiger partial charge in [-0.2, -0.15) is 23.4 Å². The Hall–Kier alpha value is -4.00. The summed E-state index contributed by atoms with van der Waals surface area (Å²) in [5.41, 5.74) is 1.44. The van der Waals surface area contributed by atoms with E-state index in [1.165, 1.54) is 31.4 Å². The van der Waals surface area contributed by atoms with E-state index in [1.807, 2.05) is 0 Å². The molecule has 0 radical (unpaired) electrons. The van der Waals surface area contributed by atoms with Gasteiger partial charge in [0.1, 0.15) is 17.5 Å². The number of hydrogen-bond donors (Lipinski definition) is 2. The van der Waals surface area contributed by atoms with Crippen LogP contribution in [0.3, 0.4) is 0 Å². The number of nitrogens with zero attached hydrogens (tertiary/aromatic N) is 4. The zero-order valence-electron chi connectivity index (χ0n) is 15.5. The molecule has 2 aromatic carbocycles. The molecule has 3 aromatic rings. The molecule has 1 aromatic heterocycles. The van der Waals surface area contributed by atoms with Crippen LogP contribution < -0.4 is 10.1 Å². The zero-order chi connectivity index (χ0) is 21.5. The molecule has 4 rings (SSSR count). The molecule has 0 saturated carbocycles. The molecule has 152 valence electrons. The van der Waals surface area contributed by atoms with Gasteiger partial charge in [-0.05, 0) is 29.8 Å². The summed E-state index contributed by atoms with van der Waals surface area (Å²) in [6.07, 6.45) is -4.76. The van der Waals surface area contributed by atoms with Crippen molar-refractivity contribution in [1.82, 2.24) is 14.8 Å². The molecule has 0 bridgehead atoms. The van der Waals surface area contributed by atoms with Crippen LogP contribution in [0.25, 0.3) is 5.70 Å². The summed E-state index contributed by atoms with van der Waals surface area (Å²) in [5, 5.41) is 25.9. The van der Waals surface area contributed by atoms with E-state index >= 15 is 0 Å². The number of alkyl halides is 3. The molecule has 2 heterocycles. The number of anilines is 1. The number of hydrogen-bond acceptors (Lipinski definition) is 6. The summed E-state index contributed by atoms with van der Waals surface area (Å²) in [7, 11) is 1.48. The van der Waals surface area contributed by atoms with Gasteiger partial charge in [0.2, 0.25) is 5.95 Å². The van der Waals surface area contributed by atoms with Gasteiger partial charge in [0.25, 0.3) is 5.82 Å². The van der Waals surface area contributed by atoms with Gasteiger partial charge < -0.3 is 15.2 Å². The normalized spacial score (nSPS) is 15.9. The fourth-order valence-electron chi connectivity index (χ4n) is 3.23. The molecule has 7 nitrogen and oxygen atoms in total. The molecule has 0 saturated heterocycles. The molecule has 2 N–H and O–H groups in total. The predicted molar refractivity (Wildman–Crippen MR) is 100 cm³/mol. The molecule has 0 amide bonds. The average molecular weight is 413 g/mol. The lowest BCUT2D eigenvalue weighted by Crippen LogP contribution is -2.24. The third-order valence-corrected chi connectivity index (χ3v) is 4.60. The lowest BCUT2D eigenvalue weighted by molar-refractivity contribution is -0.145. The van der Waals surface area contributed by atoms with E-state index in [-0.39, 0.29) is 17.3 Å². The first kappa shape index (κ1) is 19.3. The fraction of sp³-hybridized carbons (Fsp3) is 0.150. The van der Waals surface area contributed by atoms with Crippen LogP contribution in [-0.4, -0.2) is 27.0 Å². The van der Waals surface area contributed by atoms with Crippen LogP contribution in [0.15, 0.2) is 54.1 Å². The molecule has 1 aliphatic heterocycles. The molecule has 1 unspecified atom stereocenters. The summed E-state index contributed by atoms with van der Waals surface area (Å²) in [4.78, 5) is 3.59. The van der Waals surface area contributed by atoms with Crippen molar-refractivity contribution in [2.75, 3.05) is 12.4 Å². The van der Waals surface area contributed by atoms with Crippen LogP contribution >= 0.6 is 0 Å². The Morgan fingerprint density at radius 1 is 1.20 bits per heavy atom. The fourth-order valence-corrected chi connectivity index (χ4v) is 3.23. The minimum absolute atomic E-state index is 0.0158. The lowest BCUT2D eigenvalue weighted by Gasteiger charge is -2.27. The highest BCUT2D eigenvalue weighted by molar-refractivity contribution is 5.83. The highest BCUT2D eigenvalue weighted by atomic mass is 19.4. The second-order valence-electron chi connectivity index (χ2n) is 6.45. The summed E-state index contributed by atoms with van der Waals surface area (Å²) in [5.74, 6) is -0.976. The van der Waals surface area contributed by atoms with Crippen LogP contribution in [0.1, 0.15) is 23.0 Å². The highest BCUT2D eigenvalue weighted by Crippen LogP contribution is 2.40. The number of phenols is 1. The Morgan fingerprint density at radius 3 is 2.57 bits per heavy atom. The Morgan fingerprint density at radius 2 is 1.93 bits per heavy atom. The molecule has 0 spiro atoms. The molecule has 1 atom stereocenters. The maximum Gasteiger partial charge on any atom is 0.453 e. The lowest BCUT2D eigenvalue weighted by atomic mass is 9.94. The highest BCUT2D eigenvalue weighted by Gasteiger charge is 2.40. The van der Waals surface area contributed by atoms with Gasteiger partial charge in [-0.1, -0.05) is 24.3 Å². The van der Waals surface area contributed by atoms with E-state index in [1.54, 1.807) is 24.3 Å². The number of phenolic OH excluding ortho intramolecular Hbond substituents is 1. The minimum atomic E-state index is -4.76. The van der Waals surface area contributed by atoms with Crippen molar-refractivity contribution < 1.29 is 23.0 Å². The first-order valence-corrected chi connectivity index (χ1v) is 8.70. The van der Waals surface area contributed by atoms with Crippen molar-refractivity contribution >= 4 is 11.6 Å². The average Bonchev–Trinajstić information content (AvgIpc) is 3.17. The third-order valence-electron chi connectivity index (χ3n) is 4.60. The number of methoxy groups -OCH3 is 1. The van der Waals surface area contributed by atoms with Crippen LogP contribution in [0.2, 0.25) is 0 Å². The van der Waals surface area contributed by atoms with Gasteiger partial charge in [0.05, 0.1) is 24.4 Å². The smallest absolute Gasteiger partial charge is 0.453 e. The van der Waals surface area contributed by atoms with E-state index in [0.717, 1.165) is 4.68 Å². The number of ether oxygens (including phenoxy) is 1. The molecule has 0 fully saturated rings. The van der Waals surface area contributed by atoms with E-state index < -0.39 is 18.0 Å². The Labute approximate surface area is 168 Å². The SMILES string of the molecule is COc1cccc(C2=C(C#N)C(c3ccc(O)cc3)n3nc(C(F)(F)F)nc3N2)c1.